The van der Waals surface area contributed by atoms with E-state index in [9.17, 15) is 4.79 Å². The molecular formula is C14H17BrINO. The third-order valence-electron chi connectivity index (χ3n) is 3.66. The normalized spacial score (nSPS) is 23.0. The van der Waals surface area contributed by atoms with Crippen LogP contribution >= 0.6 is 38.5 Å². The first-order valence-electron chi connectivity index (χ1n) is 6.31. The number of carbonyl (C=O) groups is 1. The first kappa shape index (κ1) is 14.3. The number of amides is 1. The van der Waals surface area contributed by atoms with Crippen molar-refractivity contribution in [3.8, 4) is 0 Å². The number of hydrogen-bond acceptors (Lipinski definition) is 1. The molecule has 2 nitrogen and oxygen atoms in total. The molecule has 0 heterocycles. The summed E-state index contributed by atoms with van der Waals surface area (Å²) in [6.07, 6.45) is 3.82. The van der Waals surface area contributed by atoms with Gasteiger partial charge in [-0.25, -0.2) is 0 Å². The summed E-state index contributed by atoms with van der Waals surface area (Å²) in [6, 6.07) is 7.71. The molecule has 0 spiro atoms. The molecule has 0 saturated heterocycles. The third-order valence-corrected chi connectivity index (χ3v) is 5.43. The van der Waals surface area contributed by atoms with E-state index in [4.69, 9.17) is 0 Å². The van der Waals surface area contributed by atoms with Crippen molar-refractivity contribution >= 4 is 44.4 Å². The predicted molar refractivity (Wildman–Crippen MR) is 86.1 cm³/mol. The molecule has 1 amide bonds. The predicted octanol–water partition coefficient (Wildman–Crippen LogP) is 3.83. The standard InChI is InChI=1S/C14H17BrINO/c15-8-10-4-3-5-11(10)9-17-14(18)12-6-1-2-7-13(12)16/h1-2,6-7,10-11H,3-5,8-9H2,(H,17,18). The van der Waals surface area contributed by atoms with Crippen molar-refractivity contribution < 1.29 is 4.79 Å². The molecule has 4 heteroatoms. The summed E-state index contributed by atoms with van der Waals surface area (Å²) in [5.74, 6) is 1.41. The van der Waals surface area contributed by atoms with Crippen LogP contribution in [0.1, 0.15) is 29.6 Å². The van der Waals surface area contributed by atoms with Crippen LogP contribution in [0.4, 0.5) is 0 Å². The van der Waals surface area contributed by atoms with Crippen molar-refractivity contribution in [1.82, 2.24) is 5.32 Å². The number of hydrogen-bond donors (Lipinski definition) is 1. The highest BCUT2D eigenvalue weighted by Crippen LogP contribution is 2.32. The molecule has 1 aromatic rings. The summed E-state index contributed by atoms with van der Waals surface area (Å²) in [7, 11) is 0. The Morgan fingerprint density at radius 1 is 1.33 bits per heavy atom. The summed E-state index contributed by atoms with van der Waals surface area (Å²) >= 11 is 5.77. The molecule has 1 fully saturated rings. The lowest BCUT2D eigenvalue weighted by molar-refractivity contribution is 0.0944. The van der Waals surface area contributed by atoms with E-state index in [0.717, 1.165) is 26.9 Å². The highest BCUT2D eigenvalue weighted by molar-refractivity contribution is 14.1. The summed E-state index contributed by atoms with van der Waals surface area (Å²) in [6.45, 7) is 0.806. The number of alkyl halides is 1. The van der Waals surface area contributed by atoms with E-state index in [1.54, 1.807) is 0 Å². The van der Waals surface area contributed by atoms with Gasteiger partial charge >= 0.3 is 0 Å². The molecule has 1 N–H and O–H groups in total. The van der Waals surface area contributed by atoms with Crippen LogP contribution in [-0.4, -0.2) is 17.8 Å². The molecule has 2 unspecified atom stereocenters. The average molecular weight is 422 g/mol. The van der Waals surface area contributed by atoms with E-state index < -0.39 is 0 Å². The Balaban J connectivity index is 1.91. The number of rotatable bonds is 4. The van der Waals surface area contributed by atoms with E-state index in [1.807, 2.05) is 24.3 Å². The molecule has 0 aliphatic heterocycles. The van der Waals surface area contributed by atoms with E-state index in [1.165, 1.54) is 19.3 Å². The molecule has 0 radical (unpaired) electrons. The lowest BCUT2D eigenvalue weighted by Gasteiger charge is -2.18. The van der Waals surface area contributed by atoms with Crippen LogP contribution in [0, 0.1) is 15.4 Å². The molecule has 2 rings (SSSR count). The number of carbonyl (C=O) groups excluding carboxylic acids is 1. The highest BCUT2D eigenvalue weighted by Gasteiger charge is 2.26. The SMILES string of the molecule is O=C(NCC1CCCC1CBr)c1ccccc1I. The van der Waals surface area contributed by atoms with Crippen LogP contribution in [-0.2, 0) is 0 Å². The van der Waals surface area contributed by atoms with Gasteiger partial charge in [0.1, 0.15) is 0 Å². The molecule has 0 bridgehead atoms. The van der Waals surface area contributed by atoms with Crippen LogP contribution in [0.5, 0.6) is 0 Å². The zero-order valence-corrected chi connectivity index (χ0v) is 13.9. The summed E-state index contributed by atoms with van der Waals surface area (Å²) in [5, 5.41) is 4.13. The number of nitrogens with one attached hydrogen (secondary N) is 1. The van der Waals surface area contributed by atoms with Crippen molar-refractivity contribution in [2.75, 3.05) is 11.9 Å². The fourth-order valence-corrected chi connectivity index (χ4v) is 4.03. The van der Waals surface area contributed by atoms with E-state index in [-0.39, 0.29) is 5.91 Å². The Morgan fingerprint density at radius 3 is 2.78 bits per heavy atom. The Labute approximate surface area is 130 Å². The van der Waals surface area contributed by atoms with Gasteiger partial charge in [-0.15, -0.1) is 0 Å². The van der Waals surface area contributed by atoms with Crippen LogP contribution in [0.25, 0.3) is 0 Å². The van der Waals surface area contributed by atoms with Crippen LogP contribution in [0.15, 0.2) is 24.3 Å². The van der Waals surface area contributed by atoms with Gasteiger partial charge in [-0.2, -0.15) is 0 Å². The minimum Gasteiger partial charge on any atom is -0.352 e. The minimum atomic E-state index is 0.0558. The van der Waals surface area contributed by atoms with E-state index >= 15 is 0 Å². The van der Waals surface area contributed by atoms with Crippen molar-refractivity contribution in [3.05, 3.63) is 33.4 Å². The van der Waals surface area contributed by atoms with Gasteiger partial charge < -0.3 is 5.32 Å². The van der Waals surface area contributed by atoms with E-state index in [0.29, 0.717) is 5.92 Å². The van der Waals surface area contributed by atoms with Gasteiger partial charge in [0.2, 0.25) is 0 Å². The Bertz CT molecular complexity index is 424. The first-order chi connectivity index (χ1) is 8.72. The van der Waals surface area contributed by atoms with Gasteiger partial charge in [0, 0.05) is 15.4 Å². The van der Waals surface area contributed by atoms with Gasteiger partial charge in [-0.1, -0.05) is 34.5 Å². The number of benzene rings is 1. The van der Waals surface area contributed by atoms with Crippen LogP contribution in [0.2, 0.25) is 0 Å². The van der Waals surface area contributed by atoms with Crippen molar-refractivity contribution in [2.24, 2.45) is 11.8 Å². The molecule has 1 aromatic carbocycles. The maximum absolute atomic E-state index is 12.1. The van der Waals surface area contributed by atoms with Crippen molar-refractivity contribution in [3.63, 3.8) is 0 Å². The molecule has 1 saturated carbocycles. The number of halogens is 2. The molecule has 18 heavy (non-hydrogen) atoms. The zero-order chi connectivity index (χ0) is 13.0. The fourth-order valence-electron chi connectivity index (χ4n) is 2.55. The minimum absolute atomic E-state index is 0.0558. The van der Waals surface area contributed by atoms with E-state index in [2.05, 4.69) is 43.8 Å². The second-order valence-electron chi connectivity index (χ2n) is 4.80. The van der Waals surface area contributed by atoms with Gasteiger partial charge in [-0.05, 0) is 59.4 Å². The molecular weight excluding hydrogens is 405 g/mol. The summed E-state index contributed by atoms with van der Waals surface area (Å²) in [5.41, 5.74) is 0.784. The molecule has 0 aromatic heterocycles. The Hall–Kier alpha value is -0.100. The Kier molecular flexibility index (Phi) is 5.48. The van der Waals surface area contributed by atoms with Gasteiger partial charge in [0.15, 0.2) is 0 Å². The second kappa shape index (κ2) is 6.89. The van der Waals surface area contributed by atoms with Crippen molar-refractivity contribution in [1.29, 1.82) is 0 Å². The first-order valence-corrected chi connectivity index (χ1v) is 8.51. The monoisotopic (exact) mass is 421 g/mol. The summed E-state index contributed by atoms with van der Waals surface area (Å²) in [4.78, 5) is 12.1. The quantitative estimate of drug-likeness (QED) is 0.580. The summed E-state index contributed by atoms with van der Waals surface area (Å²) < 4.78 is 1.01. The van der Waals surface area contributed by atoms with Crippen LogP contribution < -0.4 is 5.32 Å². The largest absolute Gasteiger partial charge is 0.352 e. The Morgan fingerprint density at radius 2 is 2.06 bits per heavy atom. The second-order valence-corrected chi connectivity index (χ2v) is 6.60. The molecule has 98 valence electrons. The molecule has 1 aliphatic carbocycles. The highest BCUT2D eigenvalue weighted by atomic mass is 127. The topological polar surface area (TPSA) is 29.1 Å². The maximum Gasteiger partial charge on any atom is 0.252 e. The lowest BCUT2D eigenvalue weighted by atomic mass is 9.98. The average Bonchev–Trinajstić information content (AvgIpc) is 2.84. The van der Waals surface area contributed by atoms with Gasteiger partial charge in [0.25, 0.3) is 5.91 Å². The zero-order valence-electron chi connectivity index (χ0n) is 10.2. The van der Waals surface area contributed by atoms with Gasteiger partial charge in [0.05, 0.1) is 5.56 Å². The van der Waals surface area contributed by atoms with Gasteiger partial charge in [-0.3, -0.25) is 4.79 Å². The third kappa shape index (κ3) is 3.47. The van der Waals surface area contributed by atoms with Crippen LogP contribution in [0.3, 0.4) is 0 Å². The fraction of sp³-hybridized carbons (Fsp3) is 0.500. The maximum atomic E-state index is 12.1. The van der Waals surface area contributed by atoms with Crippen molar-refractivity contribution in [2.45, 2.75) is 19.3 Å². The smallest absolute Gasteiger partial charge is 0.252 e. The lowest BCUT2D eigenvalue weighted by Crippen LogP contribution is -2.31. The molecule has 2 atom stereocenters. The molecule has 1 aliphatic rings.